The van der Waals surface area contributed by atoms with Gasteiger partial charge >= 0.3 is 0 Å². The second-order valence-corrected chi connectivity index (χ2v) is 10.0. The molecule has 0 fully saturated rings. The maximum Gasteiger partial charge on any atom is 0.184 e. The smallest absolute Gasteiger partial charge is 0.184 e. The van der Waals surface area contributed by atoms with Crippen LogP contribution in [0.4, 0.5) is 0 Å². The Bertz CT molecular complexity index is 367. The van der Waals surface area contributed by atoms with Crippen LogP contribution in [0.5, 0.6) is 0 Å². The van der Waals surface area contributed by atoms with Crippen LogP contribution in [0.1, 0.15) is 24.5 Å². The summed E-state index contributed by atoms with van der Waals surface area (Å²) < 4.78 is 6.35. The molecular weight excluding hydrogens is 200 g/mol. The molecule has 0 aliphatic heterocycles. The molecule has 0 radical (unpaired) electrons. The average Bonchev–Trinajstić information content (AvgIpc) is 2.42. The van der Waals surface area contributed by atoms with Gasteiger partial charge in [0.25, 0.3) is 0 Å². The van der Waals surface area contributed by atoms with Crippen LogP contribution in [-0.2, 0) is 16.4 Å². The Morgan fingerprint density at radius 3 is 2.53 bits per heavy atom. The second-order valence-electron chi connectivity index (χ2n) is 5.60. The summed E-state index contributed by atoms with van der Waals surface area (Å²) in [5.41, 5.74) is 2.85. The molecule has 0 N–H and O–H groups in total. The normalized spacial score (nSPS) is 25.3. The lowest BCUT2D eigenvalue weighted by atomic mass is 9.99. The van der Waals surface area contributed by atoms with E-state index in [9.17, 15) is 0 Å². The molecule has 0 bridgehead atoms. The van der Waals surface area contributed by atoms with Crippen molar-refractivity contribution in [3.8, 4) is 0 Å². The van der Waals surface area contributed by atoms with E-state index in [1.165, 1.54) is 11.1 Å². The molecule has 0 saturated carbocycles. The second kappa shape index (κ2) is 3.46. The summed E-state index contributed by atoms with van der Waals surface area (Å²) in [6.07, 6.45) is 2.30. The van der Waals surface area contributed by atoms with E-state index in [0.717, 1.165) is 12.8 Å². The Morgan fingerprint density at radius 2 is 1.87 bits per heavy atom. The molecule has 15 heavy (non-hydrogen) atoms. The van der Waals surface area contributed by atoms with Crippen LogP contribution in [0.3, 0.4) is 0 Å². The summed E-state index contributed by atoms with van der Waals surface area (Å²) in [6, 6.07) is 8.70. The summed E-state index contributed by atoms with van der Waals surface area (Å²) in [5.74, 6) is 0. The summed E-state index contributed by atoms with van der Waals surface area (Å²) in [4.78, 5) is 0. The molecule has 0 heterocycles. The van der Waals surface area contributed by atoms with E-state index < -0.39 is 8.32 Å². The third-order valence-electron chi connectivity index (χ3n) is 2.99. The molecule has 1 atom stereocenters. The van der Waals surface area contributed by atoms with Crippen molar-refractivity contribution in [1.82, 2.24) is 0 Å². The molecule has 2 heteroatoms. The Labute approximate surface area is 93.6 Å². The number of benzene rings is 1. The van der Waals surface area contributed by atoms with E-state index in [-0.39, 0.29) is 5.60 Å². The van der Waals surface area contributed by atoms with Gasteiger partial charge in [0.15, 0.2) is 8.32 Å². The maximum absolute atomic E-state index is 6.35. The van der Waals surface area contributed by atoms with Crippen molar-refractivity contribution in [1.29, 1.82) is 0 Å². The third-order valence-corrected chi connectivity index (χ3v) is 4.05. The maximum atomic E-state index is 6.35. The third kappa shape index (κ3) is 2.16. The topological polar surface area (TPSA) is 9.23 Å². The molecule has 1 nitrogen and oxygen atoms in total. The predicted molar refractivity (Wildman–Crippen MR) is 66.5 cm³/mol. The zero-order chi connectivity index (χ0) is 11.1. The van der Waals surface area contributed by atoms with Crippen molar-refractivity contribution < 1.29 is 4.43 Å². The van der Waals surface area contributed by atoms with Gasteiger partial charge in [0, 0.05) is 0 Å². The van der Waals surface area contributed by atoms with Crippen LogP contribution >= 0.6 is 0 Å². The highest BCUT2D eigenvalue weighted by Gasteiger charge is 2.38. The van der Waals surface area contributed by atoms with Crippen molar-refractivity contribution >= 4 is 8.32 Å². The average molecular weight is 220 g/mol. The fourth-order valence-electron chi connectivity index (χ4n) is 2.54. The van der Waals surface area contributed by atoms with Gasteiger partial charge in [-0.25, -0.2) is 0 Å². The van der Waals surface area contributed by atoms with Crippen LogP contribution in [0, 0.1) is 0 Å². The molecule has 0 spiro atoms. The number of fused-ring (bicyclic) bond motifs is 1. The van der Waals surface area contributed by atoms with E-state index in [4.69, 9.17) is 4.43 Å². The van der Waals surface area contributed by atoms with Crippen LogP contribution in [-0.4, -0.2) is 8.32 Å². The zero-order valence-electron chi connectivity index (χ0n) is 10.1. The van der Waals surface area contributed by atoms with Crippen LogP contribution < -0.4 is 0 Å². The van der Waals surface area contributed by atoms with Crippen molar-refractivity contribution in [3.05, 3.63) is 35.4 Å². The molecule has 1 aliphatic carbocycles. The Hall–Kier alpha value is -0.603. The van der Waals surface area contributed by atoms with E-state index in [1.807, 2.05) is 0 Å². The first-order chi connectivity index (χ1) is 6.91. The Kier molecular flexibility index (Phi) is 2.51. The minimum Gasteiger partial charge on any atom is -0.408 e. The molecule has 0 unspecified atom stereocenters. The van der Waals surface area contributed by atoms with Gasteiger partial charge in [-0.1, -0.05) is 24.3 Å². The van der Waals surface area contributed by atoms with Crippen LogP contribution in [0.2, 0.25) is 19.6 Å². The number of rotatable bonds is 2. The summed E-state index contributed by atoms with van der Waals surface area (Å²) >= 11 is 0. The quantitative estimate of drug-likeness (QED) is 0.691. The van der Waals surface area contributed by atoms with Crippen molar-refractivity contribution in [2.75, 3.05) is 0 Å². The van der Waals surface area contributed by atoms with Gasteiger partial charge in [-0.2, -0.15) is 0 Å². The molecule has 2 rings (SSSR count). The van der Waals surface area contributed by atoms with E-state index in [1.54, 1.807) is 0 Å². The zero-order valence-corrected chi connectivity index (χ0v) is 11.1. The lowest BCUT2D eigenvalue weighted by Crippen LogP contribution is -2.37. The number of hydrogen-bond donors (Lipinski definition) is 0. The lowest BCUT2D eigenvalue weighted by Gasteiger charge is -2.33. The van der Waals surface area contributed by atoms with Crippen LogP contribution in [0.15, 0.2) is 24.3 Å². The van der Waals surface area contributed by atoms with Gasteiger partial charge in [0.2, 0.25) is 0 Å². The monoisotopic (exact) mass is 220 g/mol. The number of aryl methyl sites for hydroxylation is 1. The SMILES string of the molecule is C[C@]1(O[Si](C)(C)C)CCc2ccccc21. The van der Waals surface area contributed by atoms with Crippen LogP contribution in [0.25, 0.3) is 0 Å². The molecule has 0 saturated heterocycles. The molecule has 1 aliphatic rings. The Balaban J connectivity index is 2.33. The van der Waals surface area contributed by atoms with Crippen molar-refractivity contribution in [2.45, 2.75) is 45.0 Å². The van der Waals surface area contributed by atoms with Crippen molar-refractivity contribution in [2.24, 2.45) is 0 Å². The van der Waals surface area contributed by atoms with Gasteiger partial charge in [0.05, 0.1) is 5.60 Å². The van der Waals surface area contributed by atoms with Gasteiger partial charge < -0.3 is 4.43 Å². The predicted octanol–water partition coefficient (Wildman–Crippen LogP) is 3.70. The van der Waals surface area contributed by atoms with Gasteiger partial charge in [0.1, 0.15) is 0 Å². The number of hydrogen-bond acceptors (Lipinski definition) is 1. The van der Waals surface area contributed by atoms with E-state index >= 15 is 0 Å². The fourth-order valence-corrected chi connectivity index (χ4v) is 4.11. The van der Waals surface area contributed by atoms with Gasteiger partial charge in [-0.05, 0) is 50.5 Å². The largest absolute Gasteiger partial charge is 0.408 e. The lowest BCUT2D eigenvalue weighted by molar-refractivity contribution is 0.0805. The highest BCUT2D eigenvalue weighted by atomic mass is 28.4. The van der Waals surface area contributed by atoms with Crippen molar-refractivity contribution in [3.63, 3.8) is 0 Å². The molecular formula is C13H20OSi. The molecule has 0 amide bonds. The Morgan fingerprint density at radius 1 is 1.20 bits per heavy atom. The molecule has 0 aromatic heterocycles. The minimum absolute atomic E-state index is 0.0267. The van der Waals surface area contributed by atoms with Gasteiger partial charge in [-0.15, -0.1) is 0 Å². The molecule has 1 aromatic carbocycles. The first-order valence-electron chi connectivity index (χ1n) is 5.69. The van der Waals surface area contributed by atoms with E-state index in [2.05, 4.69) is 50.8 Å². The molecule has 82 valence electrons. The summed E-state index contributed by atoms with van der Waals surface area (Å²) in [7, 11) is -1.46. The summed E-state index contributed by atoms with van der Waals surface area (Å²) in [6.45, 7) is 9.04. The standard InChI is InChI=1S/C13H20OSi/c1-13(14-15(2,3)4)10-9-11-7-5-6-8-12(11)13/h5-8H,9-10H2,1-4H3/t13-/m0/s1. The fraction of sp³-hybridized carbons (Fsp3) is 0.538. The highest BCUT2D eigenvalue weighted by Crippen LogP contribution is 2.41. The van der Waals surface area contributed by atoms with E-state index in [0.29, 0.717) is 0 Å². The first-order valence-corrected chi connectivity index (χ1v) is 9.10. The first kappa shape index (κ1) is 10.9. The summed E-state index contributed by atoms with van der Waals surface area (Å²) in [5, 5.41) is 0. The molecule has 1 aromatic rings. The highest BCUT2D eigenvalue weighted by molar-refractivity contribution is 6.69. The minimum atomic E-state index is -1.46. The van der Waals surface area contributed by atoms with Gasteiger partial charge in [-0.3, -0.25) is 0 Å².